The van der Waals surface area contributed by atoms with E-state index in [9.17, 15) is 4.79 Å². The number of amides is 1. The number of halogens is 1. The molecule has 1 aromatic rings. The summed E-state index contributed by atoms with van der Waals surface area (Å²) in [6.45, 7) is 0. The number of rotatable bonds is 0. The fourth-order valence-electron chi connectivity index (χ4n) is 1.91. The van der Waals surface area contributed by atoms with Gasteiger partial charge < -0.3 is 10.4 Å². The number of para-hydroxylation sites is 2. The summed E-state index contributed by atoms with van der Waals surface area (Å²) in [4.78, 5) is 13.9. The summed E-state index contributed by atoms with van der Waals surface area (Å²) >= 11 is 6.07. The number of carbonyl (C=O) groups is 1. The smallest absolute Gasteiger partial charge is 0.417 e. The Balaban J connectivity index is 2.13. The molecule has 1 amide bonds. The van der Waals surface area contributed by atoms with Gasteiger partial charge in [-0.25, -0.2) is 9.69 Å². The van der Waals surface area contributed by atoms with E-state index in [0.29, 0.717) is 5.82 Å². The molecule has 1 aromatic carbocycles. The van der Waals surface area contributed by atoms with Crippen LogP contribution in [0.2, 0.25) is 0 Å². The molecule has 6 heteroatoms. The van der Waals surface area contributed by atoms with Crippen LogP contribution in [0, 0.1) is 0 Å². The first kappa shape index (κ1) is 10.0. The van der Waals surface area contributed by atoms with E-state index in [1.807, 2.05) is 24.3 Å². The molecule has 3 rings (SSSR count). The first-order valence-corrected chi connectivity index (χ1v) is 5.32. The maximum atomic E-state index is 11.0. The monoisotopic (exact) mass is 249 g/mol. The molecular formula is C11H8ClN3O2. The number of hydrogen-bond donors (Lipinski definition) is 2. The Bertz CT molecular complexity index is 568. The second kappa shape index (κ2) is 3.43. The fourth-order valence-corrected chi connectivity index (χ4v) is 2.20. The third-order valence-corrected chi connectivity index (χ3v) is 2.90. The zero-order valence-corrected chi connectivity index (χ0v) is 9.35. The van der Waals surface area contributed by atoms with Crippen molar-refractivity contribution in [3.8, 4) is 0 Å². The first-order valence-electron chi connectivity index (χ1n) is 4.94. The normalized spacial score (nSPS) is 16.8. The summed E-state index contributed by atoms with van der Waals surface area (Å²) in [5, 5.41) is 12.3. The molecule has 0 aliphatic carbocycles. The lowest BCUT2D eigenvalue weighted by molar-refractivity contribution is 0.173. The maximum Gasteiger partial charge on any atom is 0.417 e. The predicted octanol–water partition coefficient (Wildman–Crippen LogP) is 2.75. The van der Waals surface area contributed by atoms with Crippen LogP contribution in [0.25, 0.3) is 0 Å². The van der Waals surface area contributed by atoms with Crippen LogP contribution in [-0.4, -0.2) is 16.1 Å². The molecule has 0 aromatic heterocycles. The Morgan fingerprint density at radius 3 is 2.82 bits per heavy atom. The van der Waals surface area contributed by atoms with E-state index in [0.717, 1.165) is 16.3 Å². The van der Waals surface area contributed by atoms with Crippen molar-refractivity contribution in [3.63, 3.8) is 0 Å². The average Bonchev–Trinajstić information content (AvgIpc) is 2.74. The molecule has 0 atom stereocenters. The van der Waals surface area contributed by atoms with Crippen LogP contribution in [0.5, 0.6) is 0 Å². The highest BCUT2D eigenvalue weighted by Crippen LogP contribution is 2.40. The Hall–Kier alpha value is -2.14. The first-order chi connectivity index (χ1) is 8.18. The lowest BCUT2D eigenvalue weighted by Gasteiger charge is -2.30. The van der Waals surface area contributed by atoms with E-state index in [1.165, 1.54) is 6.20 Å². The van der Waals surface area contributed by atoms with Gasteiger partial charge in [0.2, 0.25) is 0 Å². The minimum Gasteiger partial charge on any atom is -0.464 e. The molecule has 0 unspecified atom stereocenters. The Morgan fingerprint density at radius 2 is 2.06 bits per heavy atom. The van der Waals surface area contributed by atoms with Gasteiger partial charge in [-0.15, -0.1) is 0 Å². The molecule has 0 saturated heterocycles. The molecule has 0 radical (unpaired) electrons. The lowest BCUT2D eigenvalue weighted by atomic mass is 10.2. The van der Waals surface area contributed by atoms with E-state index in [1.54, 1.807) is 11.1 Å². The van der Waals surface area contributed by atoms with Crippen molar-refractivity contribution in [2.45, 2.75) is 0 Å². The van der Waals surface area contributed by atoms with Crippen molar-refractivity contribution in [1.82, 2.24) is 4.90 Å². The second-order valence-electron chi connectivity index (χ2n) is 3.60. The number of carboxylic acid groups (broad SMARTS) is 1. The van der Waals surface area contributed by atoms with Crippen molar-refractivity contribution in [2.75, 3.05) is 10.2 Å². The molecule has 2 aliphatic rings. The quantitative estimate of drug-likeness (QED) is 0.694. The van der Waals surface area contributed by atoms with Gasteiger partial charge in [0.15, 0.2) is 5.82 Å². The van der Waals surface area contributed by atoms with Gasteiger partial charge in [0.25, 0.3) is 0 Å². The molecular weight excluding hydrogens is 242 g/mol. The van der Waals surface area contributed by atoms with E-state index < -0.39 is 6.09 Å². The van der Waals surface area contributed by atoms with E-state index in [-0.39, 0.29) is 5.16 Å². The highest BCUT2D eigenvalue weighted by Gasteiger charge is 2.33. The van der Waals surface area contributed by atoms with Crippen molar-refractivity contribution >= 4 is 29.1 Å². The molecule has 0 bridgehead atoms. The van der Waals surface area contributed by atoms with Crippen molar-refractivity contribution in [2.24, 2.45) is 0 Å². The molecule has 0 fully saturated rings. The zero-order valence-electron chi connectivity index (χ0n) is 8.59. The van der Waals surface area contributed by atoms with Crippen LogP contribution >= 0.6 is 11.6 Å². The third kappa shape index (κ3) is 1.36. The number of hydrogen-bond acceptors (Lipinski definition) is 3. The average molecular weight is 250 g/mol. The third-order valence-electron chi connectivity index (χ3n) is 2.63. The Labute approximate surface area is 102 Å². The summed E-state index contributed by atoms with van der Waals surface area (Å²) < 4.78 is 0. The molecule has 2 heterocycles. The topological polar surface area (TPSA) is 55.8 Å². The largest absolute Gasteiger partial charge is 0.464 e. The van der Waals surface area contributed by atoms with Crippen molar-refractivity contribution in [3.05, 3.63) is 47.6 Å². The zero-order chi connectivity index (χ0) is 12.0. The number of fused-ring (bicyclic) bond motifs is 3. The number of benzene rings is 1. The summed E-state index contributed by atoms with van der Waals surface area (Å²) in [6.07, 6.45) is 2.06. The Morgan fingerprint density at radius 1 is 1.29 bits per heavy atom. The van der Waals surface area contributed by atoms with E-state index in [2.05, 4.69) is 5.32 Å². The van der Waals surface area contributed by atoms with Crippen LogP contribution in [0.3, 0.4) is 0 Å². The SMILES string of the molecule is O=C(O)N1C=CN2C1=C(Cl)Nc1ccccc12. The van der Waals surface area contributed by atoms with Gasteiger partial charge in [0, 0.05) is 12.4 Å². The summed E-state index contributed by atoms with van der Waals surface area (Å²) in [5.74, 6) is 0.401. The molecule has 0 spiro atoms. The maximum absolute atomic E-state index is 11.0. The standard InChI is InChI=1S/C11H8ClN3O2/c12-9-10-14(5-6-15(10)11(16)17)8-4-2-1-3-7(8)13-9/h1-6,13H,(H,16,17). The molecule has 2 aliphatic heterocycles. The minimum absolute atomic E-state index is 0.288. The van der Waals surface area contributed by atoms with Gasteiger partial charge in [0.1, 0.15) is 5.16 Å². The number of nitrogens with zero attached hydrogens (tertiary/aromatic N) is 2. The van der Waals surface area contributed by atoms with Crippen LogP contribution in [0.4, 0.5) is 16.2 Å². The van der Waals surface area contributed by atoms with E-state index in [4.69, 9.17) is 16.7 Å². The van der Waals surface area contributed by atoms with Gasteiger partial charge in [-0.1, -0.05) is 23.7 Å². The molecule has 17 heavy (non-hydrogen) atoms. The van der Waals surface area contributed by atoms with Gasteiger partial charge in [0.05, 0.1) is 11.4 Å². The van der Waals surface area contributed by atoms with Gasteiger partial charge in [-0.05, 0) is 12.1 Å². The lowest BCUT2D eigenvalue weighted by Crippen LogP contribution is -2.31. The van der Waals surface area contributed by atoms with Crippen molar-refractivity contribution in [1.29, 1.82) is 0 Å². The van der Waals surface area contributed by atoms with Gasteiger partial charge in [-0.2, -0.15) is 0 Å². The summed E-state index contributed by atoms with van der Waals surface area (Å²) in [6, 6.07) is 7.54. The predicted molar refractivity (Wildman–Crippen MR) is 64.4 cm³/mol. The molecule has 86 valence electrons. The molecule has 5 nitrogen and oxygen atoms in total. The van der Waals surface area contributed by atoms with Crippen LogP contribution in [-0.2, 0) is 0 Å². The number of nitrogens with one attached hydrogen (secondary N) is 1. The van der Waals surface area contributed by atoms with Gasteiger partial charge >= 0.3 is 6.09 Å². The number of anilines is 2. The second-order valence-corrected chi connectivity index (χ2v) is 3.98. The highest BCUT2D eigenvalue weighted by atomic mass is 35.5. The molecule has 2 N–H and O–H groups in total. The van der Waals surface area contributed by atoms with Crippen molar-refractivity contribution < 1.29 is 9.90 Å². The Kier molecular flexibility index (Phi) is 2.02. The van der Waals surface area contributed by atoms with Gasteiger partial charge in [-0.3, -0.25) is 4.90 Å². The summed E-state index contributed by atoms with van der Waals surface area (Å²) in [5.41, 5.74) is 1.71. The minimum atomic E-state index is -1.07. The van der Waals surface area contributed by atoms with Crippen LogP contribution in [0.15, 0.2) is 47.6 Å². The molecule has 0 saturated carbocycles. The van der Waals surface area contributed by atoms with E-state index >= 15 is 0 Å². The van der Waals surface area contributed by atoms with Crippen LogP contribution < -0.4 is 10.2 Å². The highest BCUT2D eigenvalue weighted by molar-refractivity contribution is 6.32. The fraction of sp³-hybridized carbons (Fsp3) is 0. The van der Waals surface area contributed by atoms with Crippen LogP contribution in [0.1, 0.15) is 0 Å². The summed E-state index contributed by atoms with van der Waals surface area (Å²) in [7, 11) is 0.